The van der Waals surface area contributed by atoms with Crippen molar-refractivity contribution in [1.82, 2.24) is 15.1 Å². The number of hydrogen-bond acceptors (Lipinski definition) is 6. The molecule has 200 valence electrons. The van der Waals surface area contributed by atoms with Gasteiger partial charge in [0, 0.05) is 50.7 Å². The smallest absolute Gasteiger partial charge is 0.418 e. The Hall–Kier alpha value is -4.28. The molecule has 0 saturated carbocycles. The fraction of sp³-hybridized carbons (Fsp3) is 0.370. The fourth-order valence-electron chi connectivity index (χ4n) is 4.84. The van der Waals surface area contributed by atoms with Crippen molar-refractivity contribution in [3.63, 3.8) is 0 Å². The van der Waals surface area contributed by atoms with Gasteiger partial charge in [0.1, 0.15) is 12.4 Å². The van der Waals surface area contributed by atoms with Crippen LogP contribution in [0.5, 0.6) is 0 Å². The molecule has 2 N–H and O–H groups in total. The number of amides is 5. The van der Waals surface area contributed by atoms with Gasteiger partial charge in [0.05, 0.1) is 0 Å². The molecular formula is C27H29FN4O6. The fourth-order valence-corrected chi connectivity index (χ4v) is 4.84. The van der Waals surface area contributed by atoms with Crippen LogP contribution in [0.2, 0.25) is 0 Å². The zero-order chi connectivity index (χ0) is 27.6. The molecule has 0 radical (unpaired) electrons. The minimum Gasteiger partial charge on any atom is -0.427 e. The molecule has 1 aliphatic carbocycles. The highest BCUT2D eigenvalue weighted by atomic mass is 19.1. The van der Waals surface area contributed by atoms with Gasteiger partial charge in [-0.25, -0.2) is 14.1 Å². The quantitative estimate of drug-likeness (QED) is 0.547. The summed E-state index contributed by atoms with van der Waals surface area (Å²) >= 11 is 0. The van der Waals surface area contributed by atoms with E-state index in [1.807, 2.05) is 0 Å². The highest BCUT2D eigenvalue weighted by molar-refractivity contribution is 6.06. The van der Waals surface area contributed by atoms with E-state index in [2.05, 4.69) is 10.6 Å². The molecule has 2 atom stereocenters. The molecule has 1 spiro atoms. The van der Waals surface area contributed by atoms with Crippen molar-refractivity contribution in [2.24, 2.45) is 0 Å². The van der Waals surface area contributed by atoms with E-state index in [0.717, 1.165) is 10.5 Å². The van der Waals surface area contributed by atoms with Gasteiger partial charge in [-0.3, -0.25) is 19.2 Å². The third-order valence-electron chi connectivity index (χ3n) is 6.74. The molecule has 4 rings (SSSR count). The first-order valence-electron chi connectivity index (χ1n) is 12.2. The van der Waals surface area contributed by atoms with Gasteiger partial charge >= 0.3 is 6.09 Å². The van der Waals surface area contributed by atoms with Crippen LogP contribution in [0.25, 0.3) is 0 Å². The topological polar surface area (TPSA) is 125 Å². The highest BCUT2D eigenvalue weighted by Crippen LogP contribution is 2.46. The summed E-state index contributed by atoms with van der Waals surface area (Å²) in [7, 11) is 0. The molecule has 2 aromatic carbocycles. The molecule has 10 nitrogen and oxygen atoms in total. The second-order valence-electron chi connectivity index (χ2n) is 9.57. The van der Waals surface area contributed by atoms with Gasteiger partial charge in [0.15, 0.2) is 0 Å². The first kappa shape index (κ1) is 26.8. The van der Waals surface area contributed by atoms with Crippen molar-refractivity contribution >= 4 is 35.4 Å². The Bertz CT molecular complexity index is 1300. The summed E-state index contributed by atoms with van der Waals surface area (Å²) in [6, 6.07) is 10.2. The van der Waals surface area contributed by atoms with Crippen molar-refractivity contribution in [3.8, 4) is 0 Å². The Kier molecular flexibility index (Phi) is 7.47. The van der Waals surface area contributed by atoms with Crippen LogP contribution in [0.4, 0.5) is 14.9 Å². The minimum absolute atomic E-state index is 0.0802. The predicted molar refractivity (Wildman–Crippen MR) is 134 cm³/mol. The molecule has 1 aliphatic heterocycles. The number of imide groups is 1. The molecule has 1 heterocycles. The lowest BCUT2D eigenvalue weighted by Crippen LogP contribution is -2.49. The average Bonchev–Trinajstić information content (AvgIpc) is 3.33. The molecule has 2 aromatic rings. The number of nitrogens with zero attached hydrogens (tertiary/aromatic N) is 2. The summed E-state index contributed by atoms with van der Waals surface area (Å²) in [5.41, 5.74) is 0.988. The van der Waals surface area contributed by atoms with E-state index in [-0.39, 0.29) is 31.3 Å². The van der Waals surface area contributed by atoms with Gasteiger partial charge in [-0.1, -0.05) is 18.2 Å². The van der Waals surface area contributed by atoms with Crippen molar-refractivity contribution in [3.05, 3.63) is 65.0 Å². The maximum Gasteiger partial charge on any atom is 0.418 e. The van der Waals surface area contributed by atoms with Crippen LogP contribution in [0.15, 0.2) is 42.5 Å². The Labute approximate surface area is 219 Å². The number of benzene rings is 2. The number of ether oxygens (including phenoxy) is 1. The number of rotatable bonds is 8. The van der Waals surface area contributed by atoms with Crippen molar-refractivity contribution in [2.45, 2.75) is 51.8 Å². The first-order chi connectivity index (χ1) is 18.0. The van der Waals surface area contributed by atoms with Gasteiger partial charge < -0.3 is 20.3 Å². The normalized spacial score (nSPS) is 18.7. The Morgan fingerprint density at radius 1 is 1.11 bits per heavy atom. The van der Waals surface area contributed by atoms with E-state index in [4.69, 9.17) is 4.74 Å². The number of nitrogens with one attached hydrogen (secondary N) is 2. The molecular weight excluding hydrogens is 495 g/mol. The van der Waals surface area contributed by atoms with E-state index in [9.17, 15) is 28.4 Å². The molecule has 1 fully saturated rings. The molecule has 0 aromatic heterocycles. The van der Waals surface area contributed by atoms with Gasteiger partial charge in [-0.2, -0.15) is 0 Å². The molecule has 38 heavy (non-hydrogen) atoms. The van der Waals surface area contributed by atoms with Crippen molar-refractivity contribution in [1.29, 1.82) is 0 Å². The lowest BCUT2D eigenvalue weighted by molar-refractivity contribution is -0.143. The van der Waals surface area contributed by atoms with E-state index >= 15 is 0 Å². The highest BCUT2D eigenvalue weighted by Gasteiger charge is 2.58. The van der Waals surface area contributed by atoms with Crippen LogP contribution in [0.3, 0.4) is 0 Å². The largest absolute Gasteiger partial charge is 0.427 e. The summed E-state index contributed by atoms with van der Waals surface area (Å²) in [5, 5.41) is 5.35. The van der Waals surface area contributed by atoms with Crippen molar-refractivity contribution < 1.29 is 33.1 Å². The molecule has 11 heteroatoms. The van der Waals surface area contributed by atoms with Crippen LogP contribution in [0, 0.1) is 5.82 Å². The maximum absolute atomic E-state index is 13.5. The Morgan fingerprint density at radius 3 is 2.47 bits per heavy atom. The van der Waals surface area contributed by atoms with E-state index < -0.39 is 41.9 Å². The van der Waals surface area contributed by atoms with Crippen LogP contribution >= 0.6 is 0 Å². The monoisotopic (exact) mass is 524 g/mol. The number of anilines is 1. The number of carbonyl (C=O) groups excluding carboxylic acids is 5. The second-order valence-corrected chi connectivity index (χ2v) is 9.57. The number of fused-ring (bicyclic) bond motifs is 2. The standard InChI is InChI=1S/C27H29FN4O6/c1-16(13-29-17(2)33)31(14-19-4-6-21(28)7-5-19)24(35)15-32-25(36)27(38-26(32)37)11-10-20-12-22(30-18(3)34)8-9-23(20)27/h4-9,12,16H,10-11,13-15H2,1-3H3,(H,29,33)(H,30,34)/t16-,27+/m0/s1. The number of aryl methyl sites for hydroxylation is 1. The zero-order valence-corrected chi connectivity index (χ0v) is 21.4. The van der Waals surface area contributed by atoms with Gasteiger partial charge in [-0.05, 0) is 48.7 Å². The van der Waals surface area contributed by atoms with Crippen molar-refractivity contribution in [2.75, 3.05) is 18.4 Å². The van der Waals surface area contributed by atoms with E-state index in [1.54, 1.807) is 25.1 Å². The van der Waals surface area contributed by atoms with Gasteiger partial charge in [0.2, 0.25) is 23.3 Å². The second kappa shape index (κ2) is 10.6. The summed E-state index contributed by atoms with van der Waals surface area (Å²) in [6.07, 6.45) is -0.244. The summed E-state index contributed by atoms with van der Waals surface area (Å²) in [5.74, 6) is -2.09. The Balaban J connectivity index is 1.54. The number of hydrogen-bond donors (Lipinski definition) is 2. The lowest BCUT2D eigenvalue weighted by Gasteiger charge is -2.30. The Morgan fingerprint density at radius 2 is 1.82 bits per heavy atom. The summed E-state index contributed by atoms with van der Waals surface area (Å²) in [6.45, 7) is 4.15. The molecule has 1 saturated heterocycles. The number of halogens is 1. The van der Waals surface area contributed by atoms with Gasteiger partial charge in [-0.15, -0.1) is 0 Å². The predicted octanol–water partition coefficient (Wildman–Crippen LogP) is 2.46. The first-order valence-corrected chi connectivity index (χ1v) is 12.2. The third-order valence-corrected chi connectivity index (χ3v) is 6.74. The van der Waals surface area contributed by atoms with Crippen LogP contribution in [0.1, 0.15) is 43.9 Å². The minimum atomic E-state index is -1.52. The SMILES string of the molecule is CC(=O)NC[C@H](C)N(Cc1ccc(F)cc1)C(=O)CN1C(=O)O[C@@]2(CCc3cc(NC(C)=O)ccc32)C1=O. The van der Waals surface area contributed by atoms with Crippen LogP contribution in [-0.4, -0.2) is 58.7 Å². The molecule has 2 aliphatic rings. The molecule has 0 bridgehead atoms. The average molecular weight is 525 g/mol. The van der Waals surface area contributed by atoms with Crippen LogP contribution in [-0.2, 0) is 42.5 Å². The lowest BCUT2D eigenvalue weighted by atomic mass is 9.94. The zero-order valence-electron chi connectivity index (χ0n) is 21.4. The third kappa shape index (κ3) is 5.36. The van der Waals surface area contributed by atoms with E-state index in [1.165, 1.54) is 43.0 Å². The van der Waals surface area contributed by atoms with Gasteiger partial charge in [0.25, 0.3) is 5.91 Å². The summed E-state index contributed by atoms with van der Waals surface area (Å²) < 4.78 is 19.0. The summed E-state index contributed by atoms with van der Waals surface area (Å²) in [4.78, 5) is 64.9. The van der Waals surface area contributed by atoms with E-state index in [0.29, 0.717) is 23.2 Å². The molecule has 0 unspecified atom stereocenters. The maximum atomic E-state index is 13.5. The molecule has 5 amide bonds. The van der Waals surface area contributed by atoms with Crippen LogP contribution < -0.4 is 10.6 Å². The number of carbonyl (C=O) groups is 5.